The second-order valence-electron chi connectivity index (χ2n) is 2.85. The lowest BCUT2D eigenvalue weighted by Gasteiger charge is -2.06. The molecule has 0 aliphatic rings. The topological polar surface area (TPSA) is 68.0 Å². The van der Waals surface area contributed by atoms with Crippen molar-refractivity contribution >= 4 is 27.5 Å². The summed E-state index contributed by atoms with van der Waals surface area (Å²) in [5.74, 6) is -0.263. The van der Waals surface area contributed by atoms with E-state index in [0.29, 0.717) is 6.42 Å². The van der Waals surface area contributed by atoms with Gasteiger partial charge < -0.3 is 11.1 Å². The summed E-state index contributed by atoms with van der Waals surface area (Å²) in [4.78, 5) is 14.4. The highest BCUT2D eigenvalue weighted by atomic mass is 79.9. The third-order valence-electron chi connectivity index (χ3n) is 1.69. The summed E-state index contributed by atoms with van der Waals surface area (Å²) in [5.41, 5.74) is 5.99. The van der Waals surface area contributed by atoms with Crippen molar-refractivity contribution in [1.29, 1.82) is 0 Å². The van der Waals surface area contributed by atoms with E-state index in [1.54, 1.807) is 12.4 Å². The number of rotatable bonds is 5. The van der Waals surface area contributed by atoms with Crippen molar-refractivity contribution in [3.8, 4) is 0 Å². The number of carbonyl (C=O) groups is 1. The monoisotopic (exact) mass is 257 g/mol. The van der Waals surface area contributed by atoms with Crippen LogP contribution in [-0.2, 0) is 4.79 Å². The van der Waals surface area contributed by atoms with Crippen LogP contribution in [0.25, 0.3) is 0 Å². The average Bonchev–Trinajstić information content (AvgIpc) is 2.15. The zero-order chi connectivity index (χ0) is 10.4. The predicted molar refractivity (Wildman–Crippen MR) is 58.9 cm³/mol. The fraction of sp³-hybridized carbons (Fsp3) is 0.333. The third kappa shape index (κ3) is 3.74. The lowest BCUT2D eigenvalue weighted by Crippen LogP contribution is -2.12. The lowest BCUT2D eigenvalue weighted by molar-refractivity contribution is -0.118. The van der Waals surface area contributed by atoms with Gasteiger partial charge in [0.1, 0.15) is 0 Å². The maximum atomic E-state index is 10.5. The van der Waals surface area contributed by atoms with E-state index in [4.69, 9.17) is 5.73 Å². The van der Waals surface area contributed by atoms with Crippen LogP contribution in [0.2, 0.25) is 0 Å². The molecule has 76 valence electrons. The third-order valence-corrected chi connectivity index (χ3v) is 2.32. The minimum Gasteiger partial charge on any atom is -0.384 e. The zero-order valence-corrected chi connectivity index (χ0v) is 9.25. The Morgan fingerprint density at radius 1 is 1.64 bits per heavy atom. The fourth-order valence-electron chi connectivity index (χ4n) is 1.00. The molecule has 0 aromatic carbocycles. The molecule has 5 heteroatoms. The van der Waals surface area contributed by atoms with Crippen molar-refractivity contribution in [2.24, 2.45) is 5.73 Å². The van der Waals surface area contributed by atoms with Gasteiger partial charge in [0.15, 0.2) is 0 Å². The molecule has 0 radical (unpaired) electrons. The smallest absolute Gasteiger partial charge is 0.217 e. The van der Waals surface area contributed by atoms with E-state index in [2.05, 4.69) is 26.2 Å². The summed E-state index contributed by atoms with van der Waals surface area (Å²) in [6.07, 6.45) is 4.58. The van der Waals surface area contributed by atoms with Crippen molar-refractivity contribution in [3.05, 3.63) is 22.9 Å². The molecular weight excluding hydrogens is 246 g/mol. The number of aromatic nitrogens is 1. The summed E-state index contributed by atoms with van der Waals surface area (Å²) in [7, 11) is 0. The number of hydrogen-bond acceptors (Lipinski definition) is 3. The van der Waals surface area contributed by atoms with Crippen LogP contribution in [0.3, 0.4) is 0 Å². The van der Waals surface area contributed by atoms with Gasteiger partial charge >= 0.3 is 0 Å². The zero-order valence-electron chi connectivity index (χ0n) is 7.66. The number of carbonyl (C=O) groups excluding carboxylic acids is 1. The molecule has 0 bridgehead atoms. The Hall–Kier alpha value is -1.10. The van der Waals surface area contributed by atoms with Crippen molar-refractivity contribution in [1.82, 2.24) is 4.98 Å². The Labute approximate surface area is 91.0 Å². The van der Waals surface area contributed by atoms with E-state index in [-0.39, 0.29) is 5.91 Å². The van der Waals surface area contributed by atoms with Gasteiger partial charge in [0.25, 0.3) is 0 Å². The molecule has 0 fully saturated rings. The van der Waals surface area contributed by atoms with Gasteiger partial charge in [-0.25, -0.2) is 0 Å². The number of primary amides is 1. The summed E-state index contributed by atoms with van der Waals surface area (Å²) in [6.45, 7) is 0.728. The van der Waals surface area contributed by atoms with Crippen LogP contribution in [0, 0.1) is 0 Å². The van der Waals surface area contributed by atoms with E-state index >= 15 is 0 Å². The summed E-state index contributed by atoms with van der Waals surface area (Å²) < 4.78 is 0.916. The molecule has 1 amide bonds. The van der Waals surface area contributed by atoms with Gasteiger partial charge in [-0.2, -0.15) is 0 Å². The molecule has 1 heterocycles. The van der Waals surface area contributed by atoms with Crippen LogP contribution in [-0.4, -0.2) is 17.4 Å². The second kappa shape index (κ2) is 5.59. The highest BCUT2D eigenvalue weighted by Crippen LogP contribution is 2.19. The van der Waals surface area contributed by atoms with Crippen LogP contribution in [0.4, 0.5) is 5.69 Å². The Bertz CT molecular complexity index is 317. The van der Waals surface area contributed by atoms with E-state index in [9.17, 15) is 4.79 Å². The van der Waals surface area contributed by atoms with Crippen LogP contribution >= 0.6 is 15.9 Å². The molecule has 0 aliphatic heterocycles. The molecule has 0 aliphatic carbocycles. The maximum Gasteiger partial charge on any atom is 0.217 e. The van der Waals surface area contributed by atoms with Crippen molar-refractivity contribution in [2.45, 2.75) is 12.8 Å². The first-order chi connectivity index (χ1) is 6.70. The standard InChI is InChI=1S/C9H12BrN3O/c10-7-6-12-5-3-8(7)13-4-1-2-9(11)14/h3,5-6H,1-2,4H2,(H2,11,14)(H,12,13). The summed E-state index contributed by atoms with van der Waals surface area (Å²) in [6, 6.07) is 1.87. The molecule has 0 saturated heterocycles. The quantitative estimate of drug-likeness (QED) is 0.787. The van der Waals surface area contributed by atoms with E-state index in [0.717, 1.165) is 23.1 Å². The minimum atomic E-state index is -0.263. The van der Waals surface area contributed by atoms with Gasteiger partial charge in [0.2, 0.25) is 5.91 Å². The molecule has 1 aromatic heterocycles. The van der Waals surface area contributed by atoms with Crippen molar-refractivity contribution < 1.29 is 4.79 Å². The van der Waals surface area contributed by atoms with Crippen LogP contribution in [0.5, 0.6) is 0 Å². The van der Waals surface area contributed by atoms with Gasteiger partial charge in [0, 0.05) is 25.4 Å². The maximum absolute atomic E-state index is 10.5. The number of halogens is 1. The number of nitrogens with one attached hydrogen (secondary N) is 1. The predicted octanol–water partition coefficient (Wildman–Crippen LogP) is 1.52. The fourth-order valence-corrected chi connectivity index (χ4v) is 1.39. The number of amides is 1. The molecular formula is C9H12BrN3O. The Balaban J connectivity index is 2.31. The molecule has 1 rings (SSSR count). The minimum absolute atomic E-state index is 0.263. The molecule has 0 spiro atoms. The van der Waals surface area contributed by atoms with Gasteiger partial charge in [-0.3, -0.25) is 9.78 Å². The molecule has 3 N–H and O–H groups in total. The van der Waals surface area contributed by atoms with Crippen LogP contribution in [0.15, 0.2) is 22.9 Å². The normalized spacial score (nSPS) is 9.79. The highest BCUT2D eigenvalue weighted by Gasteiger charge is 1.98. The number of nitrogens with zero attached hydrogens (tertiary/aromatic N) is 1. The summed E-state index contributed by atoms with van der Waals surface area (Å²) in [5, 5.41) is 3.17. The largest absolute Gasteiger partial charge is 0.384 e. The number of anilines is 1. The van der Waals surface area contributed by atoms with Crippen molar-refractivity contribution in [3.63, 3.8) is 0 Å². The first kappa shape index (κ1) is 11.0. The van der Waals surface area contributed by atoms with Crippen molar-refractivity contribution in [2.75, 3.05) is 11.9 Å². The Kier molecular flexibility index (Phi) is 4.39. The average molecular weight is 258 g/mol. The number of nitrogens with two attached hydrogens (primary N) is 1. The van der Waals surface area contributed by atoms with Gasteiger partial charge in [0.05, 0.1) is 10.2 Å². The van der Waals surface area contributed by atoms with Gasteiger partial charge in [-0.1, -0.05) is 0 Å². The Morgan fingerprint density at radius 3 is 3.07 bits per heavy atom. The van der Waals surface area contributed by atoms with E-state index < -0.39 is 0 Å². The van der Waals surface area contributed by atoms with Gasteiger partial charge in [-0.15, -0.1) is 0 Å². The highest BCUT2D eigenvalue weighted by molar-refractivity contribution is 9.10. The first-order valence-corrected chi connectivity index (χ1v) is 5.11. The molecule has 0 unspecified atom stereocenters. The van der Waals surface area contributed by atoms with E-state index in [1.165, 1.54) is 0 Å². The molecule has 1 aromatic rings. The van der Waals surface area contributed by atoms with Crippen LogP contribution in [0.1, 0.15) is 12.8 Å². The lowest BCUT2D eigenvalue weighted by atomic mass is 10.3. The van der Waals surface area contributed by atoms with Gasteiger partial charge in [-0.05, 0) is 28.4 Å². The molecule has 4 nitrogen and oxygen atoms in total. The van der Waals surface area contributed by atoms with Crippen LogP contribution < -0.4 is 11.1 Å². The molecule has 0 atom stereocenters. The molecule has 0 saturated carbocycles. The number of pyridine rings is 1. The first-order valence-electron chi connectivity index (χ1n) is 4.32. The SMILES string of the molecule is NC(=O)CCCNc1ccncc1Br. The number of hydrogen-bond donors (Lipinski definition) is 2. The summed E-state index contributed by atoms with van der Waals surface area (Å²) >= 11 is 3.36. The second-order valence-corrected chi connectivity index (χ2v) is 3.71. The Morgan fingerprint density at radius 2 is 2.43 bits per heavy atom. The van der Waals surface area contributed by atoms with E-state index in [1.807, 2.05) is 6.07 Å². The molecule has 14 heavy (non-hydrogen) atoms.